The van der Waals surface area contributed by atoms with Gasteiger partial charge in [-0.2, -0.15) is 0 Å². The van der Waals surface area contributed by atoms with E-state index in [1.54, 1.807) is 6.20 Å². The molecule has 4 nitrogen and oxygen atoms in total. The van der Waals surface area contributed by atoms with E-state index in [1.165, 1.54) is 0 Å². The van der Waals surface area contributed by atoms with Gasteiger partial charge in [-0.15, -0.1) is 0 Å². The summed E-state index contributed by atoms with van der Waals surface area (Å²) in [6.07, 6.45) is 1.61. The summed E-state index contributed by atoms with van der Waals surface area (Å²) in [7, 11) is -1.65. The molecule has 1 atom stereocenters. The molecular weight excluding hydrogens is 218 g/mol. The van der Waals surface area contributed by atoms with E-state index in [2.05, 4.69) is 39.2 Å². The van der Waals surface area contributed by atoms with Crippen LogP contribution in [0.4, 0.5) is 0 Å². The SMILES string of the molecule is CC(CO[Si](C)(C)C(C)(C)C)NC=C(N)N. The molecule has 0 aromatic carbocycles. The maximum absolute atomic E-state index is 6.05. The summed E-state index contributed by atoms with van der Waals surface area (Å²) in [5, 5.41) is 3.34. The zero-order valence-electron chi connectivity index (χ0n) is 11.4. The molecule has 0 aromatic heterocycles. The lowest BCUT2D eigenvalue weighted by Crippen LogP contribution is -2.44. The van der Waals surface area contributed by atoms with Crippen LogP contribution in [0.25, 0.3) is 0 Å². The molecular formula is C11H27N3OSi. The Hall–Kier alpha value is -0.683. The van der Waals surface area contributed by atoms with E-state index in [0.29, 0.717) is 12.4 Å². The van der Waals surface area contributed by atoms with E-state index in [9.17, 15) is 0 Å². The van der Waals surface area contributed by atoms with Gasteiger partial charge in [0.15, 0.2) is 8.32 Å². The highest BCUT2D eigenvalue weighted by molar-refractivity contribution is 6.74. The first-order chi connectivity index (χ1) is 7.06. The quantitative estimate of drug-likeness (QED) is 0.645. The van der Waals surface area contributed by atoms with Crippen LogP contribution in [-0.4, -0.2) is 21.0 Å². The minimum absolute atomic E-state index is 0.219. The van der Waals surface area contributed by atoms with Crippen LogP contribution >= 0.6 is 0 Å². The van der Waals surface area contributed by atoms with E-state index in [-0.39, 0.29) is 11.1 Å². The molecule has 0 amide bonds. The molecule has 0 radical (unpaired) electrons. The molecule has 0 saturated carbocycles. The molecule has 0 heterocycles. The van der Waals surface area contributed by atoms with E-state index in [1.807, 2.05) is 6.92 Å². The average molecular weight is 245 g/mol. The van der Waals surface area contributed by atoms with Crippen molar-refractivity contribution in [3.63, 3.8) is 0 Å². The molecule has 1 unspecified atom stereocenters. The molecule has 0 saturated heterocycles. The predicted molar refractivity (Wildman–Crippen MR) is 72.2 cm³/mol. The summed E-state index contributed by atoms with van der Waals surface area (Å²) < 4.78 is 6.05. The molecule has 0 rings (SSSR count). The zero-order chi connectivity index (χ0) is 13.0. The van der Waals surface area contributed by atoms with Crippen LogP contribution in [0.3, 0.4) is 0 Å². The van der Waals surface area contributed by atoms with Crippen molar-refractivity contribution < 1.29 is 4.43 Å². The van der Waals surface area contributed by atoms with Crippen LogP contribution in [0.5, 0.6) is 0 Å². The highest BCUT2D eigenvalue weighted by Gasteiger charge is 2.37. The smallest absolute Gasteiger partial charge is 0.192 e. The van der Waals surface area contributed by atoms with Gasteiger partial charge in [0.2, 0.25) is 0 Å². The third-order valence-corrected chi connectivity index (χ3v) is 7.54. The first-order valence-corrected chi connectivity index (χ1v) is 8.58. The second kappa shape index (κ2) is 5.59. The summed E-state index contributed by atoms with van der Waals surface area (Å²) in [5.41, 5.74) is 10.7. The van der Waals surface area contributed by atoms with Crippen molar-refractivity contribution in [2.24, 2.45) is 11.5 Å². The van der Waals surface area contributed by atoms with E-state index in [0.717, 1.165) is 0 Å². The predicted octanol–water partition coefficient (Wildman–Crippen LogP) is 1.70. The van der Waals surface area contributed by atoms with Crippen LogP contribution in [0.2, 0.25) is 18.1 Å². The monoisotopic (exact) mass is 245 g/mol. The second-order valence-corrected chi connectivity index (χ2v) is 10.6. The fraction of sp³-hybridized carbons (Fsp3) is 0.818. The zero-order valence-corrected chi connectivity index (χ0v) is 12.4. The lowest BCUT2D eigenvalue weighted by atomic mass is 10.2. The van der Waals surface area contributed by atoms with Gasteiger partial charge >= 0.3 is 0 Å². The Labute approximate surface area is 101 Å². The number of nitrogens with one attached hydrogen (secondary N) is 1. The van der Waals surface area contributed by atoms with Gasteiger partial charge in [0.1, 0.15) is 5.82 Å². The Balaban J connectivity index is 4.10. The van der Waals surface area contributed by atoms with Crippen molar-refractivity contribution in [3.8, 4) is 0 Å². The molecule has 0 aliphatic heterocycles. The summed E-state index contributed by atoms with van der Waals surface area (Å²) in [6.45, 7) is 13.9. The van der Waals surface area contributed by atoms with Gasteiger partial charge in [-0.1, -0.05) is 20.8 Å². The lowest BCUT2D eigenvalue weighted by molar-refractivity contribution is 0.258. The third-order valence-electron chi connectivity index (χ3n) is 3.03. The van der Waals surface area contributed by atoms with E-state index < -0.39 is 8.32 Å². The molecule has 5 N–H and O–H groups in total. The van der Waals surface area contributed by atoms with Gasteiger partial charge in [0.25, 0.3) is 0 Å². The van der Waals surface area contributed by atoms with Crippen LogP contribution in [0.1, 0.15) is 27.7 Å². The Morgan fingerprint density at radius 3 is 2.25 bits per heavy atom. The Bertz CT molecular complexity index is 242. The summed E-state index contributed by atoms with van der Waals surface area (Å²) in [6, 6.07) is 0.219. The first-order valence-electron chi connectivity index (χ1n) is 5.67. The second-order valence-electron chi connectivity index (χ2n) is 5.78. The molecule has 16 heavy (non-hydrogen) atoms. The molecule has 0 aliphatic carbocycles. The molecule has 5 heteroatoms. The number of hydrogen-bond donors (Lipinski definition) is 3. The molecule has 96 valence electrons. The van der Waals surface area contributed by atoms with Crippen molar-refractivity contribution in [3.05, 3.63) is 12.0 Å². The van der Waals surface area contributed by atoms with Gasteiger partial charge in [-0.25, -0.2) is 0 Å². The number of nitrogens with two attached hydrogens (primary N) is 2. The number of hydrogen-bond acceptors (Lipinski definition) is 4. The normalized spacial score (nSPS) is 14.4. The summed E-state index contributed by atoms with van der Waals surface area (Å²) >= 11 is 0. The summed E-state index contributed by atoms with van der Waals surface area (Å²) in [4.78, 5) is 0. The Morgan fingerprint density at radius 1 is 1.38 bits per heavy atom. The van der Waals surface area contributed by atoms with Crippen molar-refractivity contribution in [1.82, 2.24) is 5.32 Å². The third kappa shape index (κ3) is 5.41. The Kier molecular flexibility index (Phi) is 5.35. The van der Waals surface area contributed by atoms with Crippen LogP contribution in [0.15, 0.2) is 12.0 Å². The standard InChI is InChI=1S/C11H27N3OSi/c1-9(14-7-10(12)13)8-15-16(5,6)11(2,3)4/h7,9,14H,8,12-13H2,1-6H3. The fourth-order valence-electron chi connectivity index (χ4n) is 0.836. The van der Waals surface area contributed by atoms with Gasteiger partial charge in [0, 0.05) is 12.2 Å². The van der Waals surface area contributed by atoms with Crippen molar-refractivity contribution in [2.45, 2.75) is 51.9 Å². The highest BCUT2D eigenvalue weighted by atomic mass is 28.4. The highest BCUT2D eigenvalue weighted by Crippen LogP contribution is 2.36. The lowest BCUT2D eigenvalue weighted by Gasteiger charge is -2.37. The van der Waals surface area contributed by atoms with Crippen molar-refractivity contribution >= 4 is 8.32 Å². The largest absolute Gasteiger partial charge is 0.415 e. The maximum atomic E-state index is 6.05. The number of rotatable bonds is 5. The molecule has 0 aliphatic rings. The Morgan fingerprint density at radius 2 is 1.88 bits per heavy atom. The van der Waals surface area contributed by atoms with Gasteiger partial charge < -0.3 is 21.2 Å². The van der Waals surface area contributed by atoms with E-state index in [4.69, 9.17) is 15.9 Å². The van der Waals surface area contributed by atoms with E-state index >= 15 is 0 Å². The molecule has 0 fully saturated rings. The maximum Gasteiger partial charge on any atom is 0.192 e. The minimum Gasteiger partial charge on any atom is -0.415 e. The molecule has 0 spiro atoms. The average Bonchev–Trinajstić information content (AvgIpc) is 2.09. The van der Waals surface area contributed by atoms with Gasteiger partial charge in [0.05, 0.1) is 6.61 Å². The van der Waals surface area contributed by atoms with Crippen molar-refractivity contribution in [1.29, 1.82) is 0 Å². The molecule has 0 aromatic rings. The fourth-order valence-corrected chi connectivity index (χ4v) is 1.94. The minimum atomic E-state index is -1.65. The van der Waals surface area contributed by atoms with Crippen LogP contribution in [-0.2, 0) is 4.43 Å². The van der Waals surface area contributed by atoms with Crippen molar-refractivity contribution in [2.75, 3.05) is 6.61 Å². The van der Waals surface area contributed by atoms with Gasteiger partial charge in [-0.05, 0) is 25.1 Å². The van der Waals surface area contributed by atoms with Gasteiger partial charge in [-0.3, -0.25) is 0 Å². The topological polar surface area (TPSA) is 73.3 Å². The molecule has 0 bridgehead atoms. The summed E-state index contributed by atoms with van der Waals surface area (Å²) in [5.74, 6) is 0.291. The van der Waals surface area contributed by atoms with Crippen LogP contribution in [0, 0.1) is 0 Å². The first kappa shape index (κ1) is 15.3. The van der Waals surface area contributed by atoms with Crippen LogP contribution < -0.4 is 16.8 Å².